The molecule has 0 fully saturated rings. The van der Waals surface area contributed by atoms with E-state index in [2.05, 4.69) is 32.4 Å². The Kier molecular flexibility index (Phi) is 5.55. The first-order chi connectivity index (χ1) is 13.0. The Hall–Kier alpha value is -3.55. The highest BCUT2D eigenvalue weighted by molar-refractivity contribution is 5.95. The minimum absolute atomic E-state index is 0.242. The Labute approximate surface area is 156 Å². The van der Waals surface area contributed by atoms with Gasteiger partial charge in [-0.25, -0.2) is 4.68 Å². The highest BCUT2D eigenvalue weighted by atomic mass is 16.2. The number of rotatable bonds is 5. The number of amides is 2. The molecular weight excluding hydrogens is 344 g/mol. The van der Waals surface area contributed by atoms with Crippen molar-refractivity contribution in [3.63, 3.8) is 0 Å². The van der Waals surface area contributed by atoms with Crippen LogP contribution in [0.25, 0.3) is 5.69 Å². The maximum Gasteiger partial charge on any atom is 0.269 e. The van der Waals surface area contributed by atoms with Crippen molar-refractivity contribution in [1.29, 1.82) is 0 Å². The molecule has 3 aromatic rings. The lowest BCUT2D eigenvalue weighted by molar-refractivity contribution is -0.121. The quantitative estimate of drug-likeness (QED) is 0.671. The lowest BCUT2D eigenvalue weighted by atomic mass is 10.0. The first kappa shape index (κ1) is 18.2. The van der Waals surface area contributed by atoms with E-state index in [0.717, 1.165) is 16.8 Å². The van der Waals surface area contributed by atoms with E-state index in [0.29, 0.717) is 18.4 Å². The van der Waals surface area contributed by atoms with Crippen molar-refractivity contribution < 1.29 is 9.59 Å². The van der Waals surface area contributed by atoms with Crippen LogP contribution in [-0.4, -0.2) is 32.0 Å². The lowest BCUT2D eigenvalue weighted by Gasteiger charge is -2.09. The fraction of sp³-hybridized carbons (Fsp3) is 0.211. The van der Waals surface area contributed by atoms with Gasteiger partial charge < -0.3 is 0 Å². The molecule has 2 amide bonds. The van der Waals surface area contributed by atoms with Crippen molar-refractivity contribution in [2.75, 3.05) is 0 Å². The minimum atomic E-state index is -0.391. The van der Waals surface area contributed by atoms with Crippen molar-refractivity contribution in [1.82, 2.24) is 31.1 Å². The zero-order chi connectivity index (χ0) is 19.2. The Morgan fingerprint density at radius 1 is 1.04 bits per heavy atom. The summed E-state index contributed by atoms with van der Waals surface area (Å²) >= 11 is 0. The second kappa shape index (κ2) is 8.22. The van der Waals surface area contributed by atoms with Gasteiger partial charge in [0.15, 0.2) is 0 Å². The van der Waals surface area contributed by atoms with E-state index in [1.165, 1.54) is 16.6 Å². The summed E-state index contributed by atoms with van der Waals surface area (Å²) in [4.78, 5) is 24.1. The number of benzene rings is 2. The summed E-state index contributed by atoms with van der Waals surface area (Å²) in [5.74, 6) is -0.633. The molecule has 0 aliphatic carbocycles. The second-order valence-electron chi connectivity index (χ2n) is 6.23. The zero-order valence-corrected chi connectivity index (χ0v) is 15.1. The molecule has 8 nitrogen and oxygen atoms in total. The van der Waals surface area contributed by atoms with Crippen LogP contribution in [0, 0.1) is 13.8 Å². The smallest absolute Gasteiger partial charge is 0.269 e. The Balaban J connectivity index is 1.49. The number of hydrogen-bond donors (Lipinski definition) is 2. The summed E-state index contributed by atoms with van der Waals surface area (Å²) in [5.41, 5.74) is 9.50. The van der Waals surface area contributed by atoms with Gasteiger partial charge in [0, 0.05) is 12.0 Å². The van der Waals surface area contributed by atoms with Gasteiger partial charge in [-0.1, -0.05) is 23.8 Å². The predicted octanol–water partition coefficient (Wildman–Crippen LogP) is 1.67. The standard InChI is InChI=1S/C19H20N6O2/c1-13-3-4-15(14(2)11-13)7-10-18(26)21-22-19(27)16-5-8-17(9-6-16)25-12-20-23-24-25/h3-6,8-9,11-12H,7,10H2,1-2H3,(H,21,26)(H,22,27). The third kappa shape index (κ3) is 4.75. The van der Waals surface area contributed by atoms with Crippen molar-refractivity contribution in [3.8, 4) is 5.69 Å². The normalized spacial score (nSPS) is 10.4. The van der Waals surface area contributed by atoms with Crippen LogP contribution >= 0.6 is 0 Å². The molecule has 2 aromatic carbocycles. The van der Waals surface area contributed by atoms with Crippen molar-refractivity contribution in [2.24, 2.45) is 0 Å². The van der Waals surface area contributed by atoms with Crippen LogP contribution in [0.15, 0.2) is 48.8 Å². The van der Waals surface area contributed by atoms with Gasteiger partial charge in [-0.15, -0.1) is 5.10 Å². The first-order valence-electron chi connectivity index (χ1n) is 8.51. The van der Waals surface area contributed by atoms with E-state index in [1.807, 2.05) is 26.0 Å². The molecule has 0 saturated carbocycles. The molecule has 8 heteroatoms. The average Bonchev–Trinajstić information content (AvgIpc) is 3.20. The lowest BCUT2D eigenvalue weighted by Crippen LogP contribution is -2.41. The molecule has 27 heavy (non-hydrogen) atoms. The molecule has 138 valence electrons. The highest BCUT2D eigenvalue weighted by Crippen LogP contribution is 2.12. The van der Waals surface area contributed by atoms with Crippen LogP contribution in [-0.2, 0) is 11.2 Å². The Bertz CT molecular complexity index is 935. The molecule has 3 rings (SSSR count). The maximum absolute atomic E-state index is 12.1. The van der Waals surface area contributed by atoms with Gasteiger partial charge >= 0.3 is 0 Å². The van der Waals surface area contributed by atoms with Gasteiger partial charge in [0.1, 0.15) is 6.33 Å². The molecule has 0 radical (unpaired) electrons. The van der Waals surface area contributed by atoms with E-state index in [4.69, 9.17) is 0 Å². The van der Waals surface area contributed by atoms with Crippen LogP contribution in [0.5, 0.6) is 0 Å². The van der Waals surface area contributed by atoms with Crippen LogP contribution < -0.4 is 10.9 Å². The topological polar surface area (TPSA) is 102 Å². The van der Waals surface area contributed by atoms with E-state index >= 15 is 0 Å². The fourth-order valence-electron chi connectivity index (χ4n) is 2.68. The largest absolute Gasteiger partial charge is 0.273 e. The zero-order valence-electron chi connectivity index (χ0n) is 15.1. The number of carbonyl (C=O) groups is 2. The van der Waals surface area contributed by atoms with Gasteiger partial charge in [0.05, 0.1) is 5.69 Å². The van der Waals surface area contributed by atoms with E-state index in [1.54, 1.807) is 24.3 Å². The average molecular weight is 364 g/mol. The highest BCUT2D eigenvalue weighted by Gasteiger charge is 2.09. The summed E-state index contributed by atoms with van der Waals surface area (Å²) in [6.07, 6.45) is 2.38. The third-order valence-electron chi connectivity index (χ3n) is 4.18. The van der Waals surface area contributed by atoms with Gasteiger partial charge in [0.25, 0.3) is 5.91 Å². The molecule has 0 spiro atoms. The molecule has 0 aliphatic heterocycles. The minimum Gasteiger partial charge on any atom is -0.273 e. The van der Waals surface area contributed by atoms with Crippen LogP contribution in [0.4, 0.5) is 0 Å². The molecule has 2 N–H and O–H groups in total. The molecule has 1 heterocycles. The van der Waals surface area contributed by atoms with E-state index < -0.39 is 5.91 Å². The number of nitrogens with one attached hydrogen (secondary N) is 2. The summed E-state index contributed by atoms with van der Waals surface area (Å²) in [6, 6.07) is 12.8. The van der Waals surface area contributed by atoms with Crippen molar-refractivity contribution >= 4 is 11.8 Å². The molecule has 0 aliphatic rings. The summed E-state index contributed by atoms with van der Waals surface area (Å²) < 4.78 is 1.48. The first-order valence-corrected chi connectivity index (χ1v) is 8.51. The number of aromatic nitrogens is 4. The van der Waals surface area contributed by atoms with Crippen LogP contribution in [0.3, 0.4) is 0 Å². The van der Waals surface area contributed by atoms with Gasteiger partial charge in [-0.3, -0.25) is 20.4 Å². The number of hydrazine groups is 1. The van der Waals surface area contributed by atoms with Crippen molar-refractivity contribution in [3.05, 3.63) is 71.0 Å². The van der Waals surface area contributed by atoms with Crippen LogP contribution in [0.1, 0.15) is 33.5 Å². The third-order valence-corrected chi connectivity index (χ3v) is 4.18. The molecule has 1 aromatic heterocycles. The summed E-state index contributed by atoms with van der Waals surface area (Å²) in [6.45, 7) is 4.06. The summed E-state index contributed by atoms with van der Waals surface area (Å²) in [5, 5.41) is 10.9. The number of nitrogens with zero attached hydrogens (tertiary/aromatic N) is 4. The van der Waals surface area contributed by atoms with E-state index in [-0.39, 0.29) is 5.91 Å². The maximum atomic E-state index is 12.1. The molecule has 0 unspecified atom stereocenters. The fourth-order valence-corrected chi connectivity index (χ4v) is 2.68. The number of tetrazole rings is 1. The Morgan fingerprint density at radius 2 is 1.81 bits per heavy atom. The number of hydrogen-bond acceptors (Lipinski definition) is 5. The van der Waals surface area contributed by atoms with Gasteiger partial charge in [-0.05, 0) is 66.1 Å². The molecular formula is C19H20N6O2. The van der Waals surface area contributed by atoms with Crippen molar-refractivity contribution in [2.45, 2.75) is 26.7 Å². The summed E-state index contributed by atoms with van der Waals surface area (Å²) in [7, 11) is 0. The van der Waals surface area contributed by atoms with Gasteiger partial charge in [0.2, 0.25) is 5.91 Å². The number of carbonyl (C=O) groups excluding carboxylic acids is 2. The van der Waals surface area contributed by atoms with Crippen LogP contribution in [0.2, 0.25) is 0 Å². The SMILES string of the molecule is Cc1ccc(CCC(=O)NNC(=O)c2ccc(-n3cnnn3)cc2)c(C)c1. The predicted molar refractivity (Wildman–Crippen MR) is 99.0 cm³/mol. The monoisotopic (exact) mass is 364 g/mol. The van der Waals surface area contributed by atoms with Gasteiger partial charge in [-0.2, -0.15) is 0 Å². The molecule has 0 bridgehead atoms. The number of aryl methyl sites for hydroxylation is 3. The Morgan fingerprint density at radius 3 is 2.48 bits per heavy atom. The molecule has 0 saturated heterocycles. The van der Waals surface area contributed by atoms with E-state index in [9.17, 15) is 9.59 Å². The second-order valence-corrected chi connectivity index (χ2v) is 6.23. The molecule has 0 atom stereocenters.